The van der Waals surface area contributed by atoms with Gasteiger partial charge in [0, 0.05) is 25.4 Å². The number of benzene rings is 1. The van der Waals surface area contributed by atoms with E-state index in [0.29, 0.717) is 12.4 Å². The number of aryl methyl sites for hydroxylation is 2. The molecule has 0 radical (unpaired) electrons. The molecule has 21 heavy (non-hydrogen) atoms. The molecule has 0 saturated carbocycles. The van der Waals surface area contributed by atoms with Crippen LogP contribution in [0.4, 0.5) is 17.3 Å². The molecule has 5 nitrogen and oxygen atoms in total. The highest BCUT2D eigenvalue weighted by molar-refractivity contribution is 5.60. The molecular formula is C16H22N4O. The van der Waals surface area contributed by atoms with Crippen molar-refractivity contribution < 1.29 is 4.74 Å². The molecule has 0 bridgehead atoms. The summed E-state index contributed by atoms with van der Waals surface area (Å²) < 4.78 is 5.12. The van der Waals surface area contributed by atoms with Crippen molar-refractivity contribution in [3.63, 3.8) is 0 Å². The van der Waals surface area contributed by atoms with Crippen molar-refractivity contribution in [3.05, 3.63) is 41.2 Å². The standard InChI is InChI=1S/C16H22N4O/c1-5-17-14-9-15(20-16(19-14)10-21-4)18-13-7-11(2)6-12(3)8-13/h6-9H,5,10H2,1-4H3,(H2,17,18,19,20). The zero-order chi connectivity index (χ0) is 15.2. The van der Waals surface area contributed by atoms with Gasteiger partial charge in [0.1, 0.15) is 18.2 Å². The largest absolute Gasteiger partial charge is 0.377 e. The molecule has 2 N–H and O–H groups in total. The number of methoxy groups -OCH3 is 1. The highest BCUT2D eigenvalue weighted by atomic mass is 16.5. The number of aromatic nitrogens is 2. The summed E-state index contributed by atoms with van der Waals surface area (Å²) in [5, 5.41) is 6.55. The van der Waals surface area contributed by atoms with Gasteiger partial charge in [-0.25, -0.2) is 9.97 Å². The zero-order valence-corrected chi connectivity index (χ0v) is 13.0. The molecule has 0 saturated heterocycles. The first kappa shape index (κ1) is 15.3. The fourth-order valence-electron chi connectivity index (χ4n) is 2.22. The molecule has 0 aliphatic carbocycles. The third-order valence-corrected chi connectivity index (χ3v) is 2.90. The van der Waals surface area contributed by atoms with Crippen molar-refractivity contribution in [2.45, 2.75) is 27.4 Å². The minimum Gasteiger partial charge on any atom is -0.377 e. The van der Waals surface area contributed by atoms with Crippen molar-refractivity contribution in [3.8, 4) is 0 Å². The fourth-order valence-corrected chi connectivity index (χ4v) is 2.22. The second-order valence-electron chi connectivity index (χ2n) is 5.02. The van der Waals surface area contributed by atoms with Gasteiger partial charge in [0.15, 0.2) is 5.82 Å². The van der Waals surface area contributed by atoms with Gasteiger partial charge >= 0.3 is 0 Å². The average Bonchev–Trinajstić information content (AvgIpc) is 2.37. The van der Waals surface area contributed by atoms with Crippen LogP contribution < -0.4 is 10.6 Å². The molecule has 1 heterocycles. The predicted molar refractivity (Wildman–Crippen MR) is 86.1 cm³/mol. The quantitative estimate of drug-likeness (QED) is 0.852. The van der Waals surface area contributed by atoms with E-state index in [1.807, 2.05) is 13.0 Å². The second kappa shape index (κ2) is 7.04. The SMILES string of the molecule is CCNc1cc(Nc2cc(C)cc(C)c2)nc(COC)n1. The first-order chi connectivity index (χ1) is 10.1. The van der Waals surface area contributed by atoms with Crippen molar-refractivity contribution >= 4 is 17.3 Å². The Morgan fingerprint density at radius 1 is 1.00 bits per heavy atom. The lowest BCUT2D eigenvalue weighted by atomic mass is 10.1. The molecule has 1 aromatic carbocycles. The lowest BCUT2D eigenvalue weighted by Crippen LogP contribution is -2.07. The summed E-state index contributed by atoms with van der Waals surface area (Å²) in [5.41, 5.74) is 3.46. The van der Waals surface area contributed by atoms with Crippen LogP contribution in [0, 0.1) is 13.8 Å². The molecule has 112 valence electrons. The Balaban J connectivity index is 2.28. The van der Waals surface area contributed by atoms with Crippen LogP contribution in [0.2, 0.25) is 0 Å². The number of hydrogen-bond acceptors (Lipinski definition) is 5. The summed E-state index contributed by atoms with van der Waals surface area (Å²) >= 11 is 0. The number of nitrogens with one attached hydrogen (secondary N) is 2. The van der Waals surface area contributed by atoms with Crippen molar-refractivity contribution in [2.75, 3.05) is 24.3 Å². The Morgan fingerprint density at radius 3 is 2.29 bits per heavy atom. The summed E-state index contributed by atoms with van der Waals surface area (Å²) in [6.07, 6.45) is 0. The summed E-state index contributed by atoms with van der Waals surface area (Å²) in [6.45, 7) is 7.40. The third-order valence-electron chi connectivity index (χ3n) is 2.90. The Morgan fingerprint density at radius 2 is 1.67 bits per heavy atom. The van der Waals surface area contributed by atoms with Gasteiger partial charge in [-0.15, -0.1) is 0 Å². The fraction of sp³-hybridized carbons (Fsp3) is 0.375. The van der Waals surface area contributed by atoms with Crippen molar-refractivity contribution in [1.82, 2.24) is 9.97 Å². The summed E-state index contributed by atoms with van der Waals surface area (Å²) in [6, 6.07) is 8.24. The summed E-state index contributed by atoms with van der Waals surface area (Å²) in [4.78, 5) is 8.88. The average molecular weight is 286 g/mol. The number of hydrogen-bond donors (Lipinski definition) is 2. The molecule has 0 amide bonds. The Bertz CT molecular complexity index is 569. The smallest absolute Gasteiger partial charge is 0.158 e. The van der Waals surface area contributed by atoms with Crippen LogP contribution in [0.5, 0.6) is 0 Å². The minimum absolute atomic E-state index is 0.390. The van der Waals surface area contributed by atoms with Gasteiger partial charge in [-0.1, -0.05) is 6.07 Å². The Labute approximate surface area is 125 Å². The summed E-state index contributed by atoms with van der Waals surface area (Å²) in [5.74, 6) is 2.22. The first-order valence-corrected chi connectivity index (χ1v) is 7.06. The molecule has 0 spiro atoms. The van der Waals surface area contributed by atoms with Gasteiger partial charge in [0.05, 0.1) is 0 Å². The van der Waals surface area contributed by atoms with Crippen molar-refractivity contribution in [2.24, 2.45) is 0 Å². The monoisotopic (exact) mass is 286 g/mol. The van der Waals surface area contributed by atoms with E-state index in [-0.39, 0.29) is 0 Å². The van der Waals surface area contributed by atoms with Crippen molar-refractivity contribution in [1.29, 1.82) is 0 Å². The topological polar surface area (TPSA) is 59.1 Å². The van der Waals surface area contributed by atoms with E-state index in [4.69, 9.17) is 4.74 Å². The minimum atomic E-state index is 0.390. The third kappa shape index (κ3) is 4.43. The van der Waals surface area contributed by atoms with Crippen LogP contribution in [-0.4, -0.2) is 23.6 Å². The van der Waals surface area contributed by atoms with Crippen LogP contribution in [0.1, 0.15) is 23.9 Å². The van der Waals surface area contributed by atoms with Gasteiger partial charge in [-0.3, -0.25) is 0 Å². The predicted octanol–water partition coefficient (Wildman–Crippen LogP) is 3.42. The number of ether oxygens (including phenoxy) is 1. The summed E-state index contributed by atoms with van der Waals surface area (Å²) in [7, 11) is 1.64. The van der Waals surface area contributed by atoms with Gasteiger partial charge in [0.25, 0.3) is 0 Å². The van der Waals surface area contributed by atoms with Crippen LogP contribution >= 0.6 is 0 Å². The van der Waals surface area contributed by atoms with E-state index in [1.54, 1.807) is 7.11 Å². The molecular weight excluding hydrogens is 264 g/mol. The molecule has 2 rings (SSSR count). The van der Waals surface area contributed by atoms with Crippen LogP contribution in [0.25, 0.3) is 0 Å². The number of nitrogens with zero attached hydrogens (tertiary/aromatic N) is 2. The van der Waals surface area contributed by atoms with E-state index in [2.05, 4.69) is 52.6 Å². The van der Waals surface area contributed by atoms with Gasteiger partial charge in [-0.05, 0) is 44.0 Å². The van der Waals surface area contributed by atoms with E-state index in [0.717, 1.165) is 23.9 Å². The highest BCUT2D eigenvalue weighted by Crippen LogP contribution is 2.20. The molecule has 1 aromatic heterocycles. The van der Waals surface area contributed by atoms with Crippen LogP contribution in [-0.2, 0) is 11.3 Å². The maximum Gasteiger partial charge on any atom is 0.158 e. The number of rotatable bonds is 6. The lowest BCUT2D eigenvalue weighted by Gasteiger charge is -2.11. The van der Waals surface area contributed by atoms with Gasteiger partial charge in [-0.2, -0.15) is 0 Å². The van der Waals surface area contributed by atoms with Gasteiger partial charge < -0.3 is 15.4 Å². The van der Waals surface area contributed by atoms with E-state index >= 15 is 0 Å². The van der Waals surface area contributed by atoms with Crippen LogP contribution in [0.3, 0.4) is 0 Å². The molecule has 0 aliphatic rings. The molecule has 0 aliphatic heterocycles. The zero-order valence-electron chi connectivity index (χ0n) is 13.0. The Kier molecular flexibility index (Phi) is 5.11. The first-order valence-electron chi connectivity index (χ1n) is 7.06. The maximum absolute atomic E-state index is 5.12. The maximum atomic E-state index is 5.12. The molecule has 5 heteroatoms. The molecule has 0 unspecified atom stereocenters. The normalized spacial score (nSPS) is 10.5. The highest BCUT2D eigenvalue weighted by Gasteiger charge is 2.05. The molecule has 2 aromatic rings. The Hall–Kier alpha value is -2.14. The van der Waals surface area contributed by atoms with E-state index in [9.17, 15) is 0 Å². The van der Waals surface area contributed by atoms with Gasteiger partial charge in [0.2, 0.25) is 0 Å². The number of anilines is 3. The second-order valence-corrected chi connectivity index (χ2v) is 5.02. The van der Waals surface area contributed by atoms with E-state index < -0.39 is 0 Å². The molecule has 0 fully saturated rings. The van der Waals surface area contributed by atoms with Crippen LogP contribution in [0.15, 0.2) is 24.3 Å². The lowest BCUT2D eigenvalue weighted by molar-refractivity contribution is 0.178. The van der Waals surface area contributed by atoms with E-state index in [1.165, 1.54) is 11.1 Å². The molecule has 0 atom stereocenters.